The van der Waals surface area contributed by atoms with Gasteiger partial charge >= 0.3 is 6.18 Å². The van der Waals surface area contributed by atoms with Gasteiger partial charge in [0.2, 0.25) is 0 Å². The molecule has 3 aromatic carbocycles. The van der Waals surface area contributed by atoms with Gasteiger partial charge in [-0.25, -0.2) is 0 Å². The Balaban J connectivity index is 1.21. The van der Waals surface area contributed by atoms with Crippen molar-refractivity contribution in [2.45, 2.75) is 38.5 Å². The average Bonchev–Trinajstić information content (AvgIpc) is 2.89. The second kappa shape index (κ2) is 10.3. The zero-order chi connectivity index (χ0) is 26.0. The molecule has 190 valence electrons. The summed E-state index contributed by atoms with van der Waals surface area (Å²) < 4.78 is 38.8. The van der Waals surface area contributed by atoms with E-state index in [-0.39, 0.29) is 11.9 Å². The first-order chi connectivity index (χ1) is 17.8. The van der Waals surface area contributed by atoms with Crippen LogP contribution in [-0.4, -0.2) is 34.9 Å². The lowest BCUT2D eigenvalue weighted by molar-refractivity contribution is -0.137. The third-order valence-corrected chi connectivity index (χ3v) is 6.98. The molecular formula is C30H28F3N3O. The number of aryl methyl sites for hydroxylation is 1. The maximum absolute atomic E-state index is 13.2. The maximum atomic E-state index is 13.2. The maximum Gasteiger partial charge on any atom is 0.416 e. The largest absolute Gasteiger partial charge is 0.416 e. The summed E-state index contributed by atoms with van der Waals surface area (Å²) >= 11 is 0. The number of amides is 1. The highest BCUT2D eigenvalue weighted by atomic mass is 19.4. The van der Waals surface area contributed by atoms with Gasteiger partial charge in [0.1, 0.15) is 0 Å². The van der Waals surface area contributed by atoms with E-state index in [9.17, 15) is 18.0 Å². The van der Waals surface area contributed by atoms with E-state index in [1.807, 2.05) is 18.2 Å². The summed E-state index contributed by atoms with van der Waals surface area (Å²) in [6.07, 6.45) is -2.75. The molecule has 1 aliphatic rings. The van der Waals surface area contributed by atoms with Crippen molar-refractivity contribution in [3.63, 3.8) is 0 Å². The van der Waals surface area contributed by atoms with Crippen molar-refractivity contribution in [3.05, 3.63) is 101 Å². The fourth-order valence-corrected chi connectivity index (χ4v) is 5.00. The highest BCUT2D eigenvalue weighted by molar-refractivity contribution is 6.01. The molecule has 1 aromatic heterocycles. The number of carbonyl (C=O) groups excluding carboxylic acids is 1. The van der Waals surface area contributed by atoms with Crippen molar-refractivity contribution in [1.29, 1.82) is 0 Å². The topological polar surface area (TPSA) is 45.2 Å². The molecule has 5 rings (SSSR count). The molecular weight excluding hydrogens is 475 g/mol. The summed E-state index contributed by atoms with van der Waals surface area (Å²) in [5.41, 5.74) is 4.21. The van der Waals surface area contributed by atoms with Gasteiger partial charge in [-0.05, 0) is 66.8 Å². The zero-order valence-corrected chi connectivity index (χ0v) is 20.6. The number of rotatable bonds is 5. The van der Waals surface area contributed by atoms with Crippen molar-refractivity contribution in [2.24, 2.45) is 0 Å². The number of hydrogen-bond donors (Lipinski definition) is 1. The molecule has 0 spiro atoms. The zero-order valence-electron chi connectivity index (χ0n) is 20.6. The lowest BCUT2D eigenvalue weighted by atomic mass is 9.97. The third-order valence-electron chi connectivity index (χ3n) is 6.98. The quantitative estimate of drug-likeness (QED) is 0.333. The molecule has 1 fully saturated rings. The van der Waals surface area contributed by atoms with E-state index >= 15 is 0 Å². The van der Waals surface area contributed by atoms with Crippen molar-refractivity contribution in [3.8, 4) is 11.1 Å². The van der Waals surface area contributed by atoms with Crippen molar-refractivity contribution in [2.75, 3.05) is 13.1 Å². The molecule has 4 nitrogen and oxygen atoms in total. The van der Waals surface area contributed by atoms with Crippen LogP contribution in [0.1, 0.15) is 40.0 Å². The summed E-state index contributed by atoms with van der Waals surface area (Å²) in [5.74, 6) is -0.208. The Hall–Kier alpha value is -3.71. The first kappa shape index (κ1) is 25.0. The van der Waals surface area contributed by atoms with Crippen LogP contribution in [0.2, 0.25) is 0 Å². The molecule has 1 amide bonds. The van der Waals surface area contributed by atoms with Crippen LogP contribution < -0.4 is 5.32 Å². The van der Waals surface area contributed by atoms with E-state index in [4.69, 9.17) is 4.98 Å². The van der Waals surface area contributed by atoms with E-state index in [0.29, 0.717) is 16.7 Å². The molecule has 4 aromatic rings. The fourth-order valence-electron chi connectivity index (χ4n) is 5.00. The summed E-state index contributed by atoms with van der Waals surface area (Å²) in [5, 5.41) is 4.31. The van der Waals surface area contributed by atoms with Crippen LogP contribution in [0.4, 0.5) is 13.2 Å². The van der Waals surface area contributed by atoms with Crippen LogP contribution in [0, 0.1) is 6.92 Å². The molecule has 0 bridgehead atoms. The van der Waals surface area contributed by atoms with E-state index in [0.717, 1.165) is 55.8 Å². The second-order valence-electron chi connectivity index (χ2n) is 9.59. The number of para-hydroxylation sites is 1. The minimum atomic E-state index is -4.40. The number of nitrogens with zero attached hydrogens (tertiary/aromatic N) is 2. The van der Waals surface area contributed by atoms with Crippen LogP contribution in [0.25, 0.3) is 22.0 Å². The summed E-state index contributed by atoms with van der Waals surface area (Å²) in [6.45, 7) is 4.57. The lowest BCUT2D eigenvalue weighted by Crippen LogP contribution is -2.44. The third kappa shape index (κ3) is 5.67. The summed E-state index contributed by atoms with van der Waals surface area (Å²) in [6, 6.07) is 22.3. The van der Waals surface area contributed by atoms with Crippen LogP contribution >= 0.6 is 0 Å². The fraction of sp³-hybridized carbons (Fsp3) is 0.267. The number of nitrogens with one attached hydrogen (secondary N) is 1. The number of likely N-dealkylation sites (tertiary alicyclic amines) is 1. The number of fused-ring (bicyclic) bond motifs is 1. The number of alkyl halides is 3. The smallest absolute Gasteiger partial charge is 0.349 e. The van der Waals surface area contributed by atoms with Crippen molar-refractivity contribution in [1.82, 2.24) is 15.2 Å². The number of pyridine rings is 1. The van der Waals surface area contributed by atoms with Crippen LogP contribution in [0.15, 0.2) is 78.9 Å². The number of aromatic nitrogens is 1. The van der Waals surface area contributed by atoms with Gasteiger partial charge in [0, 0.05) is 36.6 Å². The first-order valence-electron chi connectivity index (χ1n) is 12.4. The number of carbonyl (C=O) groups is 1. The predicted octanol–water partition coefficient (Wildman–Crippen LogP) is 6.62. The first-order valence-corrected chi connectivity index (χ1v) is 12.4. The molecule has 2 heterocycles. The molecule has 0 atom stereocenters. The highest BCUT2D eigenvalue weighted by Crippen LogP contribution is 2.32. The SMILES string of the molecule is Cc1cc(CN2CCC(NC(=O)c3ccccc3-c3ccc(C(F)(F)F)cc3)CC2)nc2ccccc12. The van der Waals surface area contributed by atoms with Crippen LogP contribution in [0.3, 0.4) is 0 Å². The average molecular weight is 504 g/mol. The monoisotopic (exact) mass is 503 g/mol. The minimum absolute atomic E-state index is 0.0377. The van der Waals surface area contributed by atoms with Gasteiger partial charge in [0.25, 0.3) is 5.91 Å². The predicted molar refractivity (Wildman–Crippen MR) is 139 cm³/mol. The Kier molecular flexibility index (Phi) is 6.98. The van der Waals surface area contributed by atoms with E-state index < -0.39 is 11.7 Å². The van der Waals surface area contributed by atoms with Gasteiger partial charge < -0.3 is 5.32 Å². The molecule has 7 heteroatoms. The Labute approximate surface area is 214 Å². The van der Waals surface area contributed by atoms with Crippen molar-refractivity contribution >= 4 is 16.8 Å². The van der Waals surface area contributed by atoms with E-state index in [2.05, 4.69) is 29.3 Å². The Morgan fingerprint density at radius 2 is 1.65 bits per heavy atom. The molecule has 1 saturated heterocycles. The standard InChI is InChI=1S/C30H28F3N3O/c1-20-18-24(34-28-9-5-4-6-25(20)28)19-36-16-14-23(15-17-36)35-29(37)27-8-3-2-7-26(27)21-10-12-22(13-11-21)30(31,32)33/h2-13,18,23H,14-17,19H2,1H3,(H,35,37). The van der Waals surface area contributed by atoms with Crippen molar-refractivity contribution < 1.29 is 18.0 Å². The summed E-state index contributed by atoms with van der Waals surface area (Å²) in [7, 11) is 0. The molecule has 37 heavy (non-hydrogen) atoms. The van der Waals surface area contributed by atoms with E-state index in [1.54, 1.807) is 24.3 Å². The van der Waals surface area contributed by atoms with E-state index in [1.165, 1.54) is 23.1 Å². The number of benzene rings is 3. The Morgan fingerprint density at radius 1 is 0.973 bits per heavy atom. The van der Waals surface area contributed by atoms with Gasteiger partial charge in [0.15, 0.2) is 0 Å². The highest BCUT2D eigenvalue weighted by Gasteiger charge is 2.30. The summed E-state index contributed by atoms with van der Waals surface area (Å²) in [4.78, 5) is 20.3. The molecule has 0 unspecified atom stereocenters. The van der Waals surface area contributed by atoms with Gasteiger partial charge in [-0.1, -0.05) is 48.5 Å². The number of hydrogen-bond acceptors (Lipinski definition) is 3. The Bertz CT molecular complexity index is 1410. The lowest BCUT2D eigenvalue weighted by Gasteiger charge is -2.32. The number of piperidine rings is 1. The molecule has 0 radical (unpaired) electrons. The molecule has 0 saturated carbocycles. The minimum Gasteiger partial charge on any atom is -0.349 e. The normalized spacial score (nSPS) is 15.1. The molecule has 1 N–H and O–H groups in total. The van der Waals surface area contributed by atoms with Gasteiger partial charge in [-0.2, -0.15) is 13.2 Å². The van der Waals surface area contributed by atoms with Gasteiger partial charge in [-0.3, -0.25) is 14.7 Å². The van der Waals surface area contributed by atoms with Gasteiger partial charge in [-0.15, -0.1) is 0 Å². The van der Waals surface area contributed by atoms with Crippen LogP contribution in [-0.2, 0) is 12.7 Å². The molecule has 0 aliphatic carbocycles. The van der Waals surface area contributed by atoms with Crippen LogP contribution in [0.5, 0.6) is 0 Å². The molecule has 1 aliphatic heterocycles. The number of halogens is 3. The Morgan fingerprint density at radius 3 is 2.38 bits per heavy atom. The second-order valence-corrected chi connectivity index (χ2v) is 9.59. The van der Waals surface area contributed by atoms with Gasteiger partial charge in [0.05, 0.1) is 16.8 Å².